The van der Waals surface area contributed by atoms with E-state index in [1.54, 1.807) is 0 Å². The van der Waals surface area contributed by atoms with Crippen LogP contribution in [0.5, 0.6) is 0 Å². The van der Waals surface area contributed by atoms with Crippen molar-refractivity contribution in [2.45, 2.75) is 37.7 Å². The maximum absolute atomic E-state index is 13.1. The molecule has 0 aliphatic carbocycles. The monoisotopic (exact) mass is 367 g/mol. The highest BCUT2D eigenvalue weighted by Gasteiger charge is 2.37. The molecule has 2 rings (SSSR count). The molecule has 1 unspecified atom stereocenters. The Morgan fingerprint density at radius 1 is 1.00 bits per heavy atom. The van der Waals surface area contributed by atoms with Gasteiger partial charge in [-0.1, -0.05) is 12.1 Å². The average molecular weight is 367 g/mol. The van der Waals surface area contributed by atoms with Crippen LogP contribution >= 0.6 is 0 Å². The predicted molar refractivity (Wildman–Crippen MR) is 77.6 cm³/mol. The zero-order valence-corrected chi connectivity index (χ0v) is 12.8. The van der Waals surface area contributed by atoms with Crippen LogP contribution in [0.4, 0.5) is 26.3 Å². The van der Waals surface area contributed by atoms with Gasteiger partial charge in [-0.2, -0.15) is 26.3 Å². The molecule has 1 aromatic carbocycles. The van der Waals surface area contributed by atoms with Gasteiger partial charge in [0, 0.05) is 12.0 Å². The van der Waals surface area contributed by atoms with Gasteiger partial charge in [-0.15, -0.1) is 0 Å². The lowest BCUT2D eigenvalue weighted by Crippen LogP contribution is -2.14. The third kappa shape index (κ3) is 4.40. The normalized spacial score (nSPS) is 14.1. The lowest BCUT2D eigenvalue weighted by atomic mass is 9.97. The summed E-state index contributed by atoms with van der Waals surface area (Å²) in [5, 5.41) is 18.7. The molecule has 1 aromatic heterocycles. The van der Waals surface area contributed by atoms with E-state index in [1.165, 1.54) is 6.07 Å². The van der Waals surface area contributed by atoms with Crippen molar-refractivity contribution in [1.82, 2.24) is 4.98 Å². The first kappa shape index (κ1) is 19.5. The van der Waals surface area contributed by atoms with Crippen molar-refractivity contribution in [2.75, 3.05) is 6.61 Å². The summed E-state index contributed by atoms with van der Waals surface area (Å²) in [4.78, 5) is 3.16. The van der Waals surface area contributed by atoms with Crippen molar-refractivity contribution in [3.63, 3.8) is 0 Å². The number of hydrogen-bond donors (Lipinski definition) is 2. The minimum absolute atomic E-state index is 0.00716. The molecule has 0 radical (unpaired) electrons. The molecular formula is C16H15F6NO2. The summed E-state index contributed by atoms with van der Waals surface area (Å²) in [7, 11) is 0. The van der Waals surface area contributed by atoms with Crippen molar-refractivity contribution < 1.29 is 36.6 Å². The first-order valence-corrected chi connectivity index (χ1v) is 7.42. The summed E-state index contributed by atoms with van der Waals surface area (Å²) in [5.74, 6) is 0. The Kier molecular flexibility index (Phi) is 5.58. The molecule has 0 saturated carbocycles. The van der Waals surface area contributed by atoms with Gasteiger partial charge >= 0.3 is 12.4 Å². The van der Waals surface area contributed by atoms with Crippen LogP contribution in [0.2, 0.25) is 0 Å². The highest BCUT2D eigenvalue weighted by molar-refractivity contribution is 5.86. The molecule has 9 heteroatoms. The molecule has 3 nitrogen and oxygen atoms in total. The Bertz CT molecular complexity index is 742. The van der Waals surface area contributed by atoms with Gasteiger partial charge in [0.25, 0.3) is 0 Å². The second-order valence-electron chi connectivity index (χ2n) is 5.53. The SMILES string of the molecule is OCCCCC(O)c1cc(C(F)(F)F)nc2c(C(F)(F)F)cccc12. The van der Waals surface area contributed by atoms with Gasteiger partial charge in [0.05, 0.1) is 17.2 Å². The van der Waals surface area contributed by atoms with Crippen LogP contribution in [0, 0.1) is 0 Å². The van der Waals surface area contributed by atoms with E-state index in [1.807, 2.05) is 0 Å². The number of para-hydroxylation sites is 1. The number of rotatable bonds is 5. The van der Waals surface area contributed by atoms with Gasteiger partial charge in [0.2, 0.25) is 0 Å². The van der Waals surface area contributed by atoms with Crippen LogP contribution in [0.1, 0.15) is 42.2 Å². The highest BCUT2D eigenvalue weighted by atomic mass is 19.4. The molecular weight excluding hydrogens is 352 g/mol. The number of nitrogens with zero attached hydrogens (tertiary/aromatic N) is 1. The van der Waals surface area contributed by atoms with Crippen LogP contribution in [0.15, 0.2) is 24.3 Å². The van der Waals surface area contributed by atoms with Crippen molar-refractivity contribution in [3.8, 4) is 0 Å². The summed E-state index contributed by atoms with van der Waals surface area (Å²) in [6.07, 6.45) is -10.6. The minimum atomic E-state index is -4.95. The molecule has 1 heterocycles. The van der Waals surface area contributed by atoms with Gasteiger partial charge in [-0.3, -0.25) is 0 Å². The zero-order chi connectivity index (χ0) is 18.8. The predicted octanol–water partition coefficient (Wildman–Crippen LogP) is 4.47. The van der Waals surface area contributed by atoms with E-state index in [0.717, 1.165) is 6.07 Å². The van der Waals surface area contributed by atoms with Crippen molar-refractivity contribution >= 4 is 10.9 Å². The first-order valence-electron chi connectivity index (χ1n) is 7.42. The Morgan fingerprint density at radius 3 is 2.24 bits per heavy atom. The van der Waals surface area contributed by atoms with Gasteiger partial charge in [0.15, 0.2) is 0 Å². The molecule has 2 N–H and O–H groups in total. The maximum Gasteiger partial charge on any atom is 0.433 e. The smallest absolute Gasteiger partial charge is 0.396 e. The Hall–Kier alpha value is -1.87. The molecule has 0 aliphatic heterocycles. The third-order valence-corrected chi connectivity index (χ3v) is 3.71. The summed E-state index contributed by atoms with van der Waals surface area (Å²) in [6, 6.07) is 3.48. The summed E-state index contributed by atoms with van der Waals surface area (Å²) in [5.41, 5.74) is -3.89. The number of pyridine rings is 1. The second-order valence-corrected chi connectivity index (χ2v) is 5.53. The molecule has 0 aliphatic rings. The number of aromatic nitrogens is 1. The average Bonchev–Trinajstić information content (AvgIpc) is 2.51. The van der Waals surface area contributed by atoms with Crippen molar-refractivity contribution in [2.24, 2.45) is 0 Å². The van der Waals surface area contributed by atoms with E-state index in [-0.39, 0.29) is 24.0 Å². The highest BCUT2D eigenvalue weighted by Crippen LogP contribution is 2.39. The number of benzene rings is 1. The van der Waals surface area contributed by atoms with Gasteiger partial charge in [-0.25, -0.2) is 4.98 Å². The fraction of sp³-hybridized carbons (Fsp3) is 0.438. The van der Waals surface area contributed by atoms with E-state index >= 15 is 0 Å². The van der Waals surface area contributed by atoms with E-state index in [0.29, 0.717) is 25.0 Å². The van der Waals surface area contributed by atoms with E-state index < -0.39 is 35.2 Å². The Balaban J connectivity index is 2.67. The van der Waals surface area contributed by atoms with Crippen LogP contribution in [-0.4, -0.2) is 21.8 Å². The number of hydrogen-bond acceptors (Lipinski definition) is 3. The molecule has 0 amide bonds. The molecule has 0 fully saturated rings. The van der Waals surface area contributed by atoms with Crippen molar-refractivity contribution in [3.05, 3.63) is 41.1 Å². The molecule has 0 bridgehead atoms. The van der Waals surface area contributed by atoms with Crippen LogP contribution in [0.3, 0.4) is 0 Å². The lowest BCUT2D eigenvalue weighted by molar-refractivity contribution is -0.142. The Labute approximate surface area is 138 Å². The van der Waals surface area contributed by atoms with E-state index in [9.17, 15) is 31.4 Å². The summed E-state index contributed by atoms with van der Waals surface area (Å²) >= 11 is 0. The van der Waals surface area contributed by atoms with Gasteiger partial charge < -0.3 is 10.2 Å². The molecule has 1 atom stereocenters. The zero-order valence-electron chi connectivity index (χ0n) is 12.8. The van der Waals surface area contributed by atoms with Gasteiger partial charge in [0.1, 0.15) is 5.69 Å². The molecule has 138 valence electrons. The molecule has 0 spiro atoms. The minimum Gasteiger partial charge on any atom is -0.396 e. The van der Waals surface area contributed by atoms with Gasteiger partial charge in [-0.05, 0) is 37.0 Å². The van der Waals surface area contributed by atoms with E-state index in [2.05, 4.69) is 4.98 Å². The number of unbranched alkanes of at least 4 members (excludes halogenated alkanes) is 1. The molecule has 2 aromatic rings. The quantitative estimate of drug-likeness (QED) is 0.606. The summed E-state index contributed by atoms with van der Waals surface area (Å²) in [6.45, 7) is -0.157. The second kappa shape index (κ2) is 7.17. The first-order chi connectivity index (χ1) is 11.6. The standard InChI is InChI=1S/C16H15F6NO2/c17-15(18,19)11-5-3-4-9-10(12(25)6-1-2-7-24)8-13(16(20,21)22)23-14(9)11/h3-5,8,12,24-25H,1-2,6-7H2. The third-order valence-electron chi connectivity index (χ3n) is 3.71. The number of halogens is 6. The van der Waals surface area contributed by atoms with Crippen LogP contribution < -0.4 is 0 Å². The molecule has 0 saturated heterocycles. The number of aliphatic hydroxyl groups is 2. The van der Waals surface area contributed by atoms with Crippen LogP contribution in [-0.2, 0) is 12.4 Å². The molecule has 25 heavy (non-hydrogen) atoms. The van der Waals surface area contributed by atoms with Crippen LogP contribution in [0.25, 0.3) is 10.9 Å². The van der Waals surface area contributed by atoms with E-state index in [4.69, 9.17) is 5.11 Å². The number of aliphatic hydroxyl groups excluding tert-OH is 2. The maximum atomic E-state index is 13.1. The largest absolute Gasteiger partial charge is 0.433 e. The fourth-order valence-corrected chi connectivity index (χ4v) is 2.53. The lowest BCUT2D eigenvalue weighted by Gasteiger charge is -2.18. The Morgan fingerprint density at radius 2 is 1.68 bits per heavy atom. The number of alkyl halides is 6. The fourth-order valence-electron chi connectivity index (χ4n) is 2.53. The topological polar surface area (TPSA) is 53.4 Å². The summed E-state index contributed by atoms with van der Waals surface area (Å²) < 4.78 is 78.5. The van der Waals surface area contributed by atoms with Crippen molar-refractivity contribution in [1.29, 1.82) is 0 Å². The number of fused-ring (bicyclic) bond motifs is 1.